The van der Waals surface area contributed by atoms with Gasteiger partial charge in [0.2, 0.25) is 5.91 Å². The molecule has 2 N–H and O–H groups in total. The summed E-state index contributed by atoms with van der Waals surface area (Å²) in [7, 11) is 0. The molecule has 0 aromatic heterocycles. The highest BCUT2D eigenvalue weighted by atomic mass is 35.5. The van der Waals surface area contributed by atoms with Crippen LogP contribution in [0.3, 0.4) is 0 Å². The molecule has 2 aromatic rings. The van der Waals surface area contributed by atoms with Crippen molar-refractivity contribution < 1.29 is 14.0 Å². The van der Waals surface area contributed by atoms with E-state index in [1.807, 2.05) is 12.1 Å². The molecule has 0 unspecified atom stereocenters. The molecule has 0 spiro atoms. The minimum absolute atomic E-state index is 0. The summed E-state index contributed by atoms with van der Waals surface area (Å²) in [5.74, 6) is -1.09. The van der Waals surface area contributed by atoms with E-state index in [1.54, 1.807) is 17.0 Å². The van der Waals surface area contributed by atoms with Crippen molar-refractivity contribution in [2.45, 2.75) is 6.42 Å². The van der Waals surface area contributed by atoms with Crippen molar-refractivity contribution in [1.29, 1.82) is 0 Å². The minimum Gasteiger partial charge on any atom is -0.399 e. The monoisotopic (exact) mass is 411 g/mol. The Hall–Kier alpha value is -2.31. The van der Waals surface area contributed by atoms with Gasteiger partial charge in [-0.3, -0.25) is 9.59 Å². The molecule has 1 fully saturated rings. The number of carbonyl (C=O) groups excluding carboxylic acids is 2. The molecule has 0 bridgehead atoms. The Morgan fingerprint density at radius 1 is 1.00 bits per heavy atom. The van der Waals surface area contributed by atoms with Crippen LogP contribution in [0.15, 0.2) is 42.5 Å². The maximum absolute atomic E-state index is 13.9. The van der Waals surface area contributed by atoms with Gasteiger partial charge in [0.05, 0.1) is 17.0 Å². The van der Waals surface area contributed by atoms with E-state index in [1.165, 1.54) is 23.1 Å². The van der Waals surface area contributed by atoms with Crippen LogP contribution in [0.4, 0.5) is 10.1 Å². The molecule has 1 aliphatic heterocycles. The predicted octanol–water partition coefficient (Wildman–Crippen LogP) is 3.01. The van der Waals surface area contributed by atoms with Crippen molar-refractivity contribution >= 4 is 41.5 Å². The third kappa shape index (κ3) is 4.90. The van der Waals surface area contributed by atoms with Crippen LogP contribution in [0.25, 0.3) is 0 Å². The van der Waals surface area contributed by atoms with E-state index in [4.69, 9.17) is 17.3 Å². The summed E-state index contributed by atoms with van der Waals surface area (Å²) in [4.78, 5) is 28.2. The molecule has 1 aliphatic rings. The fraction of sp³-hybridized carbons (Fsp3) is 0.263. The van der Waals surface area contributed by atoms with Crippen LogP contribution < -0.4 is 5.73 Å². The summed E-state index contributed by atoms with van der Waals surface area (Å²) in [5, 5.41) is 0.0943. The Morgan fingerprint density at radius 2 is 1.59 bits per heavy atom. The van der Waals surface area contributed by atoms with Gasteiger partial charge in [0.25, 0.3) is 5.91 Å². The molecule has 144 valence electrons. The average Bonchev–Trinajstić information content (AvgIpc) is 2.63. The summed E-state index contributed by atoms with van der Waals surface area (Å²) >= 11 is 5.96. The van der Waals surface area contributed by atoms with Gasteiger partial charge in [-0.25, -0.2) is 4.39 Å². The van der Waals surface area contributed by atoms with Crippen LogP contribution in [0.5, 0.6) is 0 Å². The van der Waals surface area contributed by atoms with Gasteiger partial charge in [-0.15, -0.1) is 12.4 Å². The van der Waals surface area contributed by atoms with E-state index in [-0.39, 0.29) is 35.3 Å². The maximum atomic E-state index is 13.9. The standard InChI is InChI=1S/C19H19ClFN3O2.ClH/c20-15-2-1-3-16(21)18(15)19(26)24-10-8-23(9-11-24)17(25)12-13-4-6-14(22)7-5-13;/h1-7H,8-12,22H2;1H. The lowest BCUT2D eigenvalue weighted by Crippen LogP contribution is -2.51. The highest BCUT2D eigenvalue weighted by Crippen LogP contribution is 2.21. The first-order valence-electron chi connectivity index (χ1n) is 8.31. The molecule has 0 aliphatic carbocycles. The Kier molecular flexibility index (Phi) is 7.05. The lowest BCUT2D eigenvalue weighted by atomic mass is 10.1. The smallest absolute Gasteiger partial charge is 0.258 e. The molecule has 0 saturated carbocycles. The number of carbonyl (C=O) groups is 2. The van der Waals surface area contributed by atoms with Gasteiger partial charge >= 0.3 is 0 Å². The van der Waals surface area contributed by atoms with Gasteiger partial charge in [0.15, 0.2) is 0 Å². The minimum atomic E-state index is -0.635. The SMILES string of the molecule is Cl.Nc1ccc(CC(=O)N2CCN(C(=O)c3c(F)cccc3Cl)CC2)cc1. The van der Waals surface area contributed by atoms with E-state index in [0.717, 1.165) is 5.56 Å². The average molecular weight is 412 g/mol. The highest BCUT2D eigenvalue weighted by Gasteiger charge is 2.27. The number of piperazine rings is 1. The molecule has 1 heterocycles. The molecular weight excluding hydrogens is 392 g/mol. The highest BCUT2D eigenvalue weighted by molar-refractivity contribution is 6.33. The number of hydrogen-bond acceptors (Lipinski definition) is 3. The van der Waals surface area contributed by atoms with Gasteiger partial charge in [0, 0.05) is 31.9 Å². The number of hydrogen-bond donors (Lipinski definition) is 1. The van der Waals surface area contributed by atoms with Crippen LogP contribution in [0, 0.1) is 5.82 Å². The van der Waals surface area contributed by atoms with Gasteiger partial charge in [-0.2, -0.15) is 0 Å². The van der Waals surface area contributed by atoms with E-state index in [0.29, 0.717) is 31.9 Å². The Bertz CT molecular complexity index is 802. The van der Waals surface area contributed by atoms with Crippen molar-refractivity contribution in [3.63, 3.8) is 0 Å². The Morgan fingerprint density at radius 3 is 2.19 bits per heavy atom. The Balaban J connectivity index is 0.00000261. The summed E-state index contributed by atoms with van der Waals surface area (Å²) < 4.78 is 13.9. The first kappa shape index (κ1) is 21.0. The van der Waals surface area contributed by atoms with Crippen LogP contribution >= 0.6 is 24.0 Å². The fourth-order valence-electron chi connectivity index (χ4n) is 2.94. The van der Waals surface area contributed by atoms with E-state index < -0.39 is 11.7 Å². The molecular formula is C19H20Cl2FN3O2. The number of halogens is 3. The van der Waals surface area contributed by atoms with Crippen molar-refractivity contribution in [1.82, 2.24) is 9.80 Å². The molecule has 8 heteroatoms. The van der Waals surface area contributed by atoms with Crippen LogP contribution in [-0.2, 0) is 11.2 Å². The second-order valence-electron chi connectivity index (χ2n) is 6.19. The van der Waals surface area contributed by atoms with Gasteiger partial charge in [-0.1, -0.05) is 29.8 Å². The van der Waals surface area contributed by atoms with E-state index in [2.05, 4.69) is 0 Å². The number of benzene rings is 2. The quantitative estimate of drug-likeness (QED) is 0.789. The number of amides is 2. The first-order valence-corrected chi connectivity index (χ1v) is 8.69. The largest absolute Gasteiger partial charge is 0.399 e. The molecule has 2 aromatic carbocycles. The molecule has 3 rings (SSSR count). The lowest BCUT2D eigenvalue weighted by molar-refractivity contribution is -0.131. The van der Waals surface area contributed by atoms with Crippen molar-refractivity contribution in [2.75, 3.05) is 31.9 Å². The van der Waals surface area contributed by atoms with E-state index in [9.17, 15) is 14.0 Å². The Labute approximate surface area is 168 Å². The van der Waals surface area contributed by atoms with Crippen LogP contribution in [0.2, 0.25) is 5.02 Å². The zero-order chi connectivity index (χ0) is 18.7. The fourth-order valence-corrected chi connectivity index (χ4v) is 3.18. The number of nitrogen functional groups attached to an aromatic ring is 1. The summed E-state index contributed by atoms with van der Waals surface area (Å²) in [5.41, 5.74) is 7.07. The first-order chi connectivity index (χ1) is 12.5. The molecule has 1 saturated heterocycles. The van der Waals surface area contributed by atoms with Crippen LogP contribution in [0.1, 0.15) is 15.9 Å². The topological polar surface area (TPSA) is 66.6 Å². The number of nitrogens with two attached hydrogens (primary N) is 1. The third-order valence-electron chi connectivity index (χ3n) is 4.43. The van der Waals surface area contributed by atoms with Crippen LogP contribution in [-0.4, -0.2) is 47.8 Å². The number of nitrogens with zero attached hydrogens (tertiary/aromatic N) is 2. The zero-order valence-corrected chi connectivity index (χ0v) is 16.1. The van der Waals surface area contributed by atoms with Gasteiger partial charge in [0.1, 0.15) is 5.82 Å². The zero-order valence-electron chi connectivity index (χ0n) is 14.5. The van der Waals surface area contributed by atoms with Gasteiger partial charge in [-0.05, 0) is 29.8 Å². The maximum Gasteiger partial charge on any atom is 0.258 e. The summed E-state index contributed by atoms with van der Waals surface area (Å²) in [6, 6.07) is 11.3. The van der Waals surface area contributed by atoms with Gasteiger partial charge < -0.3 is 15.5 Å². The summed E-state index contributed by atoms with van der Waals surface area (Å²) in [6.07, 6.45) is 0.285. The second-order valence-corrected chi connectivity index (χ2v) is 6.60. The molecule has 5 nitrogen and oxygen atoms in total. The number of rotatable bonds is 3. The van der Waals surface area contributed by atoms with E-state index >= 15 is 0 Å². The second kappa shape index (κ2) is 9.06. The van der Waals surface area contributed by atoms with Crippen molar-refractivity contribution in [2.24, 2.45) is 0 Å². The molecule has 27 heavy (non-hydrogen) atoms. The molecule has 0 radical (unpaired) electrons. The normalized spacial score (nSPS) is 13.9. The molecule has 0 atom stereocenters. The summed E-state index contributed by atoms with van der Waals surface area (Å²) in [6.45, 7) is 1.51. The lowest BCUT2D eigenvalue weighted by Gasteiger charge is -2.35. The van der Waals surface area contributed by atoms with Crippen molar-refractivity contribution in [3.05, 3.63) is 64.4 Å². The van der Waals surface area contributed by atoms with Crippen molar-refractivity contribution in [3.8, 4) is 0 Å². The molecule has 2 amide bonds. The third-order valence-corrected chi connectivity index (χ3v) is 4.75. The predicted molar refractivity (Wildman–Crippen MR) is 106 cm³/mol. The number of anilines is 1.